The molecule has 0 spiro atoms. The van der Waals surface area contributed by atoms with E-state index >= 15 is 0 Å². The number of rotatable bonds is 66. The molecule has 32 nitrogen and oxygen atoms in total. The van der Waals surface area contributed by atoms with Crippen molar-refractivity contribution < 1.29 is 139 Å². The third-order valence-electron chi connectivity index (χ3n) is 19.8. The molecule has 19 atom stereocenters. The number of hydrogen-bond donors (Lipinski definition) is 19. The van der Waals surface area contributed by atoms with Crippen LogP contribution in [0.4, 0.5) is 0 Å². The van der Waals surface area contributed by atoms with Gasteiger partial charge in [0, 0.05) is 45.4 Å². The molecular formula is C75H140N4O28. The molecule has 107 heavy (non-hydrogen) atoms. The van der Waals surface area contributed by atoms with E-state index in [2.05, 4.69) is 29.8 Å². The van der Waals surface area contributed by atoms with Gasteiger partial charge in [0.25, 0.3) is 11.8 Å². The summed E-state index contributed by atoms with van der Waals surface area (Å²) in [6.45, 7) is -0.428. The third kappa shape index (κ3) is 40.9. The molecule has 0 bridgehead atoms. The minimum atomic E-state index is -2.43. The van der Waals surface area contributed by atoms with Gasteiger partial charge in [-0.15, -0.1) is 0 Å². The minimum absolute atomic E-state index is 0.0709. The highest BCUT2D eigenvalue weighted by Crippen LogP contribution is 2.28. The van der Waals surface area contributed by atoms with E-state index in [1.165, 1.54) is 146 Å². The van der Waals surface area contributed by atoms with Crippen LogP contribution in [-0.2, 0) is 57.2 Å². The van der Waals surface area contributed by atoms with Crippen molar-refractivity contribution in [2.75, 3.05) is 65.8 Å². The summed E-state index contributed by atoms with van der Waals surface area (Å²) in [5, 5.41) is 173. The molecule has 4 amide bonds. The molecule has 2 aliphatic rings. The number of unbranched alkanes of at least 4 members (excludes halogenated alkanes) is 30. The zero-order valence-corrected chi connectivity index (χ0v) is 63.9. The number of carbonyl (C=O) groups is 6. The molecule has 32 heteroatoms. The highest BCUT2D eigenvalue weighted by atomic mass is 16.7. The second-order valence-corrected chi connectivity index (χ2v) is 28.8. The van der Waals surface area contributed by atoms with E-state index in [4.69, 9.17) is 28.4 Å². The monoisotopic (exact) mass is 1540 g/mol. The van der Waals surface area contributed by atoms with Gasteiger partial charge in [-0.05, 0) is 32.1 Å². The lowest BCUT2D eigenvalue weighted by Crippen LogP contribution is -2.62. The van der Waals surface area contributed by atoms with Gasteiger partial charge in [0.05, 0.1) is 39.6 Å². The lowest BCUT2D eigenvalue weighted by Gasteiger charge is -2.42. The number of amides is 4. The van der Waals surface area contributed by atoms with Gasteiger partial charge in [-0.3, -0.25) is 24.0 Å². The number of hydrogen-bond acceptors (Lipinski definition) is 28. The summed E-state index contributed by atoms with van der Waals surface area (Å²) in [5.41, 5.74) is 0. The Morgan fingerprint density at radius 2 is 0.748 bits per heavy atom. The van der Waals surface area contributed by atoms with Crippen molar-refractivity contribution >= 4 is 35.6 Å². The molecule has 2 heterocycles. The molecule has 19 N–H and O–H groups in total. The molecule has 0 aliphatic carbocycles. The topological polar surface area (TPSA) is 521 Å². The summed E-state index contributed by atoms with van der Waals surface area (Å²) in [6.07, 6.45) is -0.676. The van der Waals surface area contributed by atoms with Gasteiger partial charge in [-0.1, -0.05) is 206 Å². The minimum Gasteiger partial charge on any atom is -0.466 e. The fourth-order valence-electron chi connectivity index (χ4n) is 12.9. The fourth-order valence-corrected chi connectivity index (χ4v) is 12.9. The van der Waals surface area contributed by atoms with Crippen molar-refractivity contribution in [3.8, 4) is 0 Å². The zero-order chi connectivity index (χ0) is 79.3. The van der Waals surface area contributed by atoms with Crippen molar-refractivity contribution in [2.24, 2.45) is 0 Å². The smallest absolute Gasteiger partial charge is 0.328 e. The van der Waals surface area contributed by atoms with Gasteiger partial charge in [-0.25, -0.2) is 4.79 Å². The van der Waals surface area contributed by atoms with Crippen molar-refractivity contribution in [3.05, 3.63) is 0 Å². The Bertz CT molecular complexity index is 2220. The Labute approximate surface area is 633 Å². The number of nitrogens with zero attached hydrogens (tertiary/aromatic N) is 1. The quantitative estimate of drug-likeness (QED) is 0.0298. The molecule has 0 aromatic rings. The van der Waals surface area contributed by atoms with E-state index < -0.39 is 191 Å². The maximum atomic E-state index is 14.1. The molecule has 2 saturated heterocycles. The highest BCUT2D eigenvalue weighted by Gasteiger charge is 2.49. The second kappa shape index (κ2) is 60.6. The van der Waals surface area contributed by atoms with Gasteiger partial charge in [-0.2, -0.15) is 0 Å². The van der Waals surface area contributed by atoms with E-state index in [-0.39, 0.29) is 65.1 Å². The van der Waals surface area contributed by atoms with Crippen LogP contribution in [-0.4, -0.2) is 304 Å². The summed E-state index contributed by atoms with van der Waals surface area (Å²) >= 11 is 0. The molecule has 0 aromatic carbocycles. The Morgan fingerprint density at radius 3 is 1.08 bits per heavy atom. The van der Waals surface area contributed by atoms with Crippen LogP contribution >= 0.6 is 0 Å². The van der Waals surface area contributed by atoms with E-state index in [1.54, 1.807) is 0 Å². The first-order valence-electron chi connectivity index (χ1n) is 40.1. The van der Waals surface area contributed by atoms with Crippen LogP contribution in [0.1, 0.15) is 258 Å². The number of carbonyl (C=O) groups excluding carboxylic acids is 6. The van der Waals surface area contributed by atoms with Crippen LogP contribution in [0, 0.1) is 0 Å². The molecular weight excluding hydrogens is 1400 g/mol. The Kier molecular flexibility index (Phi) is 56.2. The maximum Gasteiger partial charge on any atom is 0.328 e. The Hall–Kier alpha value is -3.98. The van der Waals surface area contributed by atoms with E-state index in [0.29, 0.717) is 12.8 Å². The highest BCUT2D eigenvalue weighted by molar-refractivity contribution is 5.88. The summed E-state index contributed by atoms with van der Waals surface area (Å²) in [4.78, 5) is 82.3. The largest absolute Gasteiger partial charge is 0.466 e. The molecule has 2 fully saturated rings. The number of esters is 2. The number of nitrogens with one attached hydrogen (secondary N) is 3. The predicted molar refractivity (Wildman–Crippen MR) is 391 cm³/mol. The molecule has 2 aliphatic heterocycles. The van der Waals surface area contributed by atoms with Gasteiger partial charge < -0.3 is 131 Å². The molecule has 0 unspecified atom stereocenters. The normalized spacial score (nSPS) is 22.9. The van der Waals surface area contributed by atoms with Crippen molar-refractivity contribution in [3.63, 3.8) is 0 Å². The van der Waals surface area contributed by atoms with Crippen LogP contribution in [0.2, 0.25) is 0 Å². The standard InChI is InChI=1S/C75H140N4O28/c1-3-5-7-9-11-13-15-17-19-21-23-25-27-29-31-33-45-102-58(88)40-37-51(73(101)103-46-34-32-30-28-26-24-22-20-18-16-14-12-10-8-6-4-2)78-56(86)38-39-57(87)79(43-35-41-76-71(99)65(95)63(93)69(52(84)47-80)106-74-67(97)61(91)59(89)54(49-82)104-74)44-36-42-77-72(100)66(96)64(94)70(53(85)48-81)107-75-68(98)62(92)60(90)55(50-83)105-75/h51-55,59-70,74-75,80-85,89-98H,3-50H2,1-2H3,(H,76,99)(H,77,100)(H,78,86)/t51-,52+,53+,54+,55+,59+,60+,61-,62-,63-,64-,65+,66+,67+,68+,69+,70+,74-,75-/m0/s1. The lowest BCUT2D eigenvalue weighted by molar-refractivity contribution is -0.326. The first-order chi connectivity index (χ1) is 51.4. The predicted octanol–water partition coefficient (Wildman–Crippen LogP) is 1.00. The molecule has 0 radical (unpaired) electrons. The van der Waals surface area contributed by atoms with Gasteiger partial charge >= 0.3 is 11.9 Å². The molecule has 628 valence electrons. The maximum absolute atomic E-state index is 14.1. The Morgan fingerprint density at radius 1 is 0.411 bits per heavy atom. The van der Waals surface area contributed by atoms with Gasteiger partial charge in [0.15, 0.2) is 24.8 Å². The molecule has 0 saturated carbocycles. The molecule has 0 aromatic heterocycles. The number of aliphatic hydroxyl groups excluding tert-OH is 16. The van der Waals surface area contributed by atoms with Crippen LogP contribution in [0.3, 0.4) is 0 Å². The number of ether oxygens (including phenoxy) is 6. The van der Waals surface area contributed by atoms with Crippen LogP contribution in [0.15, 0.2) is 0 Å². The average Bonchev–Trinajstić information content (AvgIpc) is 0.811. The van der Waals surface area contributed by atoms with E-state index in [1.807, 2.05) is 0 Å². The van der Waals surface area contributed by atoms with Gasteiger partial charge in [0.2, 0.25) is 11.8 Å². The third-order valence-corrected chi connectivity index (χ3v) is 19.8. The lowest BCUT2D eigenvalue weighted by atomic mass is 9.98. The SMILES string of the molecule is CCCCCCCCCCCCCCCCCCOC(=O)CC[C@H](NC(=O)CCC(=O)N(CCCNC(=O)[C@H](O)[C@H](O)[C@H](O[C@@H]1O[C@H](CO)[C@@H](O)[C@H](O)[C@H]1O)[C@H](O)CO)CCCNC(=O)[C@H](O)[C@H](O)[C@H](O[C@@H]1O[C@H](CO)[C@@H](O)[C@H](O)[C@H]1O)[C@H](O)CO)C(=O)OCCCCCCCCCCCCCCCCCC. The Balaban J connectivity index is 2.18. The van der Waals surface area contributed by atoms with Crippen LogP contribution in [0.25, 0.3) is 0 Å². The second-order valence-electron chi connectivity index (χ2n) is 28.8. The summed E-state index contributed by atoms with van der Waals surface area (Å²) in [6, 6.07) is -1.30. The molecule has 2 rings (SSSR count). The van der Waals surface area contributed by atoms with Crippen molar-refractivity contribution in [2.45, 2.75) is 374 Å². The van der Waals surface area contributed by atoms with Crippen molar-refractivity contribution in [1.82, 2.24) is 20.9 Å². The van der Waals surface area contributed by atoms with E-state index in [0.717, 1.165) is 51.4 Å². The van der Waals surface area contributed by atoms with Crippen molar-refractivity contribution in [1.29, 1.82) is 0 Å². The zero-order valence-electron chi connectivity index (χ0n) is 63.9. The number of aliphatic hydroxyl groups is 16. The van der Waals surface area contributed by atoms with E-state index in [9.17, 15) is 110 Å². The summed E-state index contributed by atoms with van der Waals surface area (Å²) < 4.78 is 32.5. The fraction of sp³-hybridized carbons (Fsp3) is 0.920. The summed E-state index contributed by atoms with van der Waals surface area (Å²) in [5.74, 6) is -5.35. The van der Waals surface area contributed by atoms with Gasteiger partial charge in [0.1, 0.15) is 91.5 Å². The van der Waals surface area contributed by atoms with Crippen LogP contribution < -0.4 is 16.0 Å². The average molecular weight is 1550 g/mol. The summed E-state index contributed by atoms with van der Waals surface area (Å²) in [7, 11) is 0. The first-order valence-corrected chi connectivity index (χ1v) is 40.1. The first kappa shape index (κ1) is 99.1. The van der Waals surface area contributed by atoms with Crippen LogP contribution in [0.5, 0.6) is 0 Å².